The van der Waals surface area contributed by atoms with Crippen LogP contribution in [0.5, 0.6) is 0 Å². The normalized spacial score (nSPS) is 15.1. The standard InChI is InChI=1S/C21H23N3O3/c1-15-5-6-16(2)24(15)18-9-7-17(8-10-18)20(26)27-13-19(25)23-21(14-22)11-3-4-12-21/h5-10H,3-4,11-13H2,1-2H3,(H,23,25). The largest absolute Gasteiger partial charge is 0.452 e. The summed E-state index contributed by atoms with van der Waals surface area (Å²) in [5.74, 6) is -1.00. The molecule has 0 bridgehead atoms. The maximum absolute atomic E-state index is 12.2. The Morgan fingerprint density at radius 1 is 1.11 bits per heavy atom. The molecule has 2 aromatic rings. The number of aromatic nitrogens is 1. The minimum Gasteiger partial charge on any atom is -0.452 e. The molecule has 1 heterocycles. The first-order valence-electron chi connectivity index (χ1n) is 9.09. The van der Waals surface area contributed by atoms with Crippen molar-refractivity contribution >= 4 is 11.9 Å². The van der Waals surface area contributed by atoms with Crippen molar-refractivity contribution in [1.82, 2.24) is 9.88 Å². The Balaban J connectivity index is 1.58. The molecule has 0 atom stereocenters. The number of amides is 1. The lowest BCUT2D eigenvalue weighted by Crippen LogP contribution is -2.46. The van der Waals surface area contributed by atoms with E-state index >= 15 is 0 Å². The van der Waals surface area contributed by atoms with Gasteiger partial charge in [-0.2, -0.15) is 5.26 Å². The molecule has 1 aliphatic carbocycles. The van der Waals surface area contributed by atoms with Gasteiger partial charge < -0.3 is 14.6 Å². The lowest BCUT2D eigenvalue weighted by molar-refractivity contribution is -0.125. The number of aryl methyl sites for hydroxylation is 2. The Kier molecular flexibility index (Phi) is 5.31. The van der Waals surface area contributed by atoms with E-state index in [1.54, 1.807) is 12.1 Å². The van der Waals surface area contributed by atoms with Crippen molar-refractivity contribution in [3.63, 3.8) is 0 Å². The number of rotatable bonds is 5. The summed E-state index contributed by atoms with van der Waals surface area (Å²) in [5.41, 5.74) is 2.75. The molecule has 1 aromatic heterocycles. The third-order valence-electron chi connectivity index (χ3n) is 5.02. The van der Waals surface area contributed by atoms with Crippen molar-refractivity contribution in [3.05, 3.63) is 53.3 Å². The van der Waals surface area contributed by atoms with Gasteiger partial charge in [0.2, 0.25) is 0 Å². The summed E-state index contributed by atoms with van der Waals surface area (Å²) in [6.07, 6.45) is 3.12. The van der Waals surface area contributed by atoms with Crippen LogP contribution in [0.25, 0.3) is 5.69 Å². The van der Waals surface area contributed by atoms with E-state index in [-0.39, 0.29) is 6.61 Å². The van der Waals surface area contributed by atoms with E-state index in [2.05, 4.69) is 16.0 Å². The van der Waals surface area contributed by atoms with E-state index in [0.717, 1.165) is 29.9 Å². The van der Waals surface area contributed by atoms with E-state index in [1.165, 1.54) is 0 Å². The number of ether oxygens (including phenoxy) is 1. The summed E-state index contributed by atoms with van der Waals surface area (Å²) >= 11 is 0. The van der Waals surface area contributed by atoms with Crippen LogP contribution in [0.3, 0.4) is 0 Å². The fourth-order valence-electron chi connectivity index (χ4n) is 3.58. The van der Waals surface area contributed by atoms with Crippen molar-refractivity contribution < 1.29 is 14.3 Å². The van der Waals surface area contributed by atoms with Gasteiger partial charge in [-0.15, -0.1) is 0 Å². The highest BCUT2D eigenvalue weighted by Crippen LogP contribution is 2.28. The van der Waals surface area contributed by atoms with Crippen LogP contribution < -0.4 is 5.32 Å². The molecule has 6 nitrogen and oxygen atoms in total. The fourth-order valence-corrected chi connectivity index (χ4v) is 3.58. The molecule has 1 saturated carbocycles. The van der Waals surface area contributed by atoms with Crippen LogP contribution in [-0.2, 0) is 9.53 Å². The molecule has 6 heteroatoms. The van der Waals surface area contributed by atoms with Crippen molar-refractivity contribution in [3.8, 4) is 11.8 Å². The zero-order valence-electron chi connectivity index (χ0n) is 15.6. The van der Waals surface area contributed by atoms with Crippen molar-refractivity contribution in [1.29, 1.82) is 5.26 Å². The molecule has 0 aliphatic heterocycles. The van der Waals surface area contributed by atoms with Gasteiger partial charge in [-0.05, 0) is 75.9 Å². The van der Waals surface area contributed by atoms with E-state index < -0.39 is 17.4 Å². The second kappa shape index (κ2) is 7.67. The van der Waals surface area contributed by atoms with Crippen LogP contribution in [0, 0.1) is 25.2 Å². The van der Waals surface area contributed by atoms with Gasteiger partial charge in [-0.1, -0.05) is 0 Å². The first kappa shape index (κ1) is 18.7. The van der Waals surface area contributed by atoms with Crippen LogP contribution in [0.4, 0.5) is 0 Å². The minimum absolute atomic E-state index is 0.380. The predicted octanol–water partition coefficient (Wildman–Crippen LogP) is 3.20. The molecule has 1 aliphatic rings. The molecule has 1 fully saturated rings. The number of hydrogen-bond donors (Lipinski definition) is 1. The molecule has 140 valence electrons. The van der Waals surface area contributed by atoms with E-state index in [9.17, 15) is 14.9 Å². The number of esters is 1. The molecular weight excluding hydrogens is 342 g/mol. The smallest absolute Gasteiger partial charge is 0.338 e. The number of nitrogens with zero attached hydrogens (tertiary/aromatic N) is 2. The quantitative estimate of drug-likeness (QED) is 0.825. The van der Waals surface area contributed by atoms with Crippen LogP contribution >= 0.6 is 0 Å². The summed E-state index contributed by atoms with van der Waals surface area (Å²) in [4.78, 5) is 24.2. The van der Waals surface area contributed by atoms with Gasteiger partial charge in [0.15, 0.2) is 6.61 Å². The maximum atomic E-state index is 12.2. The predicted molar refractivity (Wildman–Crippen MR) is 100 cm³/mol. The van der Waals surface area contributed by atoms with Crippen molar-refractivity contribution in [2.24, 2.45) is 0 Å². The van der Waals surface area contributed by atoms with Crippen LogP contribution in [-0.4, -0.2) is 28.6 Å². The van der Waals surface area contributed by atoms with Gasteiger partial charge in [-0.3, -0.25) is 4.79 Å². The summed E-state index contributed by atoms with van der Waals surface area (Å²) in [6, 6.07) is 13.3. The first-order chi connectivity index (χ1) is 12.9. The summed E-state index contributed by atoms with van der Waals surface area (Å²) < 4.78 is 7.19. The SMILES string of the molecule is Cc1ccc(C)n1-c1ccc(C(=O)OCC(=O)NC2(C#N)CCCC2)cc1. The summed E-state index contributed by atoms with van der Waals surface area (Å²) in [6.45, 7) is 3.65. The summed E-state index contributed by atoms with van der Waals surface area (Å²) in [7, 11) is 0. The Bertz CT molecular complexity index is 865. The zero-order chi connectivity index (χ0) is 19.4. The van der Waals surface area contributed by atoms with E-state index in [1.807, 2.05) is 38.1 Å². The van der Waals surface area contributed by atoms with Crippen molar-refractivity contribution in [2.75, 3.05) is 6.61 Å². The number of carbonyl (C=O) groups is 2. The Labute approximate surface area is 158 Å². The first-order valence-corrected chi connectivity index (χ1v) is 9.09. The highest BCUT2D eigenvalue weighted by molar-refractivity contribution is 5.91. The van der Waals surface area contributed by atoms with Gasteiger partial charge in [0, 0.05) is 17.1 Å². The zero-order valence-corrected chi connectivity index (χ0v) is 15.6. The average Bonchev–Trinajstić information content (AvgIpc) is 3.27. The van der Waals surface area contributed by atoms with Crippen LogP contribution in [0.15, 0.2) is 36.4 Å². The summed E-state index contributed by atoms with van der Waals surface area (Å²) in [5, 5.41) is 12.0. The van der Waals surface area contributed by atoms with Gasteiger partial charge in [0.05, 0.1) is 11.6 Å². The van der Waals surface area contributed by atoms with Crippen LogP contribution in [0.2, 0.25) is 0 Å². The number of benzene rings is 1. The van der Waals surface area contributed by atoms with Gasteiger partial charge >= 0.3 is 5.97 Å². The van der Waals surface area contributed by atoms with Crippen molar-refractivity contribution in [2.45, 2.75) is 45.1 Å². The average molecular weight is 365 g/mol. The second-order valence-electron chi connectivity index (χ2n) is 7.02. The number of nitrogens with one attached hydrogen (secondary N) is 1. The molecule has 1 aromatic carbocycles. The third kappa shape index (κ3) is 4.03. The highest BCUT2D eigenvalue weighted by Gasteiger charge is 2.35. The Morgan fingerprint density at radius 3 is 2.26 bits per heavy atom. The number of carbonyl (C=O) groups excluding carboxylic acids is 2. The van der Waals surface area contributed by atoms with Crippen LogP contribution in [0.1, 0.15) is 47.4 Å². The molecule has 0 unspecified atom stereocenters. The molecule has 27 heavy (non-hydrogen) atoms. The Hall–Kier alpha value is -3.07. The number of nitriles is 1. The van der Waals surface area contributed by atoms with Gasteiger partial charge in [0.25, 0.3) is 5.91 Å². The molecule has 3 rings (SSSR count). The van der Waals surface area contributed by atoms with E-state index in [0.29, 0.717) is 18.4 Å². The lowest BCUT2D eigenvalue weighted by Gasteiger charge is -2.21. The Morgan fingerprint density at radius 2 is 1.70 bits per heavy atom. The third-order valence-corrected chi connectivity index (χ3v) is 5.02. The molecule has 1 N–H and O–H groups in total. The second-order valence-corrected chi connectivity index (χ2v) is 7.02. The minimum atomic E-state index is -0.808. The maximum Gasteiger partial charge on any atom is 0.338 e. The highest BCUT2D eigenvalue weighted by atomic mass is 16.5. The monoisotopic (exact) mass is 365 g/mol. The molecular formula is C21H23N3O3. The molecule has 0 saturated heterocycles. The van der Waals surface area contributed by atoms with E-state index in [4.69, 9.17) is 4.74 Å². The fraction of sp³-hybridized carbons (Fsp3) is 0.381. The van der Waals surface area contributed by atoms with Gasteiger partial charge in [-0.25, -0.2) is 4.79 Å². The van der Waals surface area contributed by atoms with Gasteiger partial charge in [0.1, 0.15) is 5.54 Å². The lowest BCUT2D eigenvalue weighted by atomic mass is 10.00. The molecule has 0 radical (unpaired) electrons. The molecule has 0 spiro atoms. The topological polar surface area (TPSA) is 84.1 Å². The molecule has 1 amide bonds. The number of hydrogen-bond acceptors (Lipinski definition) is 4.